The Morgan fingerprint density at radius 2 is 1.88 bits per heavy atom. The first-order chi connectivity index (χ1) is 7.82. The standard InChI is InChI=1S/C13H27N3O/c1-10(2)11(16-7-5-6-8-16)9-15-12(17)13(3,4)14/h10-11H,5-9,14H2,1-4H3,(H,15,17). The lowest BCUT2D eigenvalue weighted by molar-refractivity contribution is -0.125. The van der Waals surface area contributed by atoms with Crippen LogP contribution in [0.2, 0.25) is 0 Å². The van der Waals surface area contributed by atoms with Crippen molar-refractivity contribution >= 4 is 5.91 Å². The SMILES string of the molecule is CC(C)C(CNC(=O)C(C)(C)N)N1CCCC1. The third-order valence-corrected chi connectivity index (χ3v) is 3.44. The molecule has 1 saturated heterocycles. The second kappa shape index (κ2) is 5.83. The molecule has 1 atom stereocenters. The lowest BCUT2D eigenvalue weighted by Gasteiger charge is -2.32. The molecule has 1 heterocycles. The van der Waals surface area contributed by atoms with Crippen LogP contribution in [0.3, 0.4) is 0 Å². The number of nitrogens with two attached hydrogens (primary N) is 1. The molecule has 4 nitrogen and oxygen atoms in total. The first-order valence-corrected chi connectivity index (χ1v) is 6.63. The molecule has 1 aliphatic heterocycles. The molecule has 1 amide bonds. The van der Waals surface area contributed by atoms with Gasteiger partial charge in [-0.3, -0.25) is 9.69 Å². The highest BCUT2D eigenvalue weighted by Crippen LogP contribution is 2.17. The largest absolute Gasteiger partial charge is 0.353 e. The van der Waals surface area contributed by atoms with Gasteiger partial charge in [-0.05, 0) is 45.7 Å². The number of likely N-dealkylation sites (tertiary alicyclic amines) is 1. The molecule has 0 aromatic heterocycles. The third kappa shape index (κ3) is 4.28. The van der Waals surface area contributed by atoms with Gasteiger partial charge in [0.1, 0.15) is 0 Å². The van der Waals surface area contributed by atoms with E-state index in [-0.39, 0.29) is 5.91 Å². The Morgan fingerprint density at radius 3 is 2.29 bits per heavy atom. The van der Waals surface area contributed by atoms with Crippen LogP contribution in [0.1, 0.15) is 40.5 Å². The minimum Gasteiger partial charge on any atom is -0.353 e. The van der Waals surface area contributed by atoms with E-state index in [2.05, 4.69) is 24.1 Å². The summed E-state index contributed by atoms with van der Waals surface area (Å²) in [6, 6.07) is 0.434. The predicted octanol–water partition coefficient (Wildman–Crippen LogP) is 0.960. The molecule has 0 radical (unpaired) electrons. The fourth-order valence-electron chi connectivity index (χ4n) is 2.28. The predicted molar refractivity (Wildman–Crippen MR) is 70.7 cm³/mol. The Morgan fingerprint density at radius 1 is 1.35 bits per heavy atom. The van der Waals surface area contributed by atoms with Crippen LogP contribution in [0.15, 0.2) is 0 Å². The van der Waals surface area contributed by atoms with Crippen LogP contribution in [0.5, 0.6) is 0 Å². The molecule has 0 aliphatic carbocycles. The minimum atomic E-state index is -0.785. The summed E-state index contributed by atoms with van der Waals surface area (Å²) in [7, 11) is 0. The van der Waals surface area contributed by atoms with E-state index in [0.29, 0.717) is 18.5 Å². The van der Waals surface area contributed by atoms with Gasteiger partial charge in [-0.15, -0.1) is 0 Å². The van der Waals surface area contributed by atoms with Crippen molar-refractivity contribution in [3.63, 3.8) is 0 Å². The molecular formula is C13H27N3O. The van der Waals surface area contributed by atoms with Gasteiger partial charge in [-0.2, -0.15) is 0 Å². The molecule has 0 spiro atoms. The van der Waals surface area contributed by atoms with Crippen molar-refractivity contribution in [2.45, 2.75) is 52.1 Å². The fourth-order valence-corrected chi connectivity index (χ4v) is 2.28. The van der Waals surface area contributed by atoms with Gasteiger partial charge in [0.15, 0.2) is 0 Å². The van der Waals surface area contributed by atoms with Crippen molar-refractivity contribution in [3.8, 4) is 0 Å². The summed E-state index contributed by atoms with van der Waals surface area (Å²) in [5, 5.41) is 2.98. The number of carbonyl (C=O) groups excluding carboxylic acids is 1. The van der Waals surface area contributed by atoms with Crippen molar-refractivity contribution in [3.05, 3.63) is 0 Å². The quantitative estimate of drug-likeness (QED) is 0.754. The van der Waals surface area contributed by atoms with Crippen molar-refractivity contribution < 1.29 is 4.79 Å². The summed E-state index contributed by atoms with van der Waals surface area (Å²) < 4.78 is 0. The van der Waals surface area contributed by atoms with E-state index in [9.17, 15) is 4.79 Å². The third-order valence-electron chi connectivity index (χ3n) is 3.44. The summed E-state index contributed by atoms with van der Waals surface area (Å²) in [5.41, 5.74) is 4.98. The maximum Gasteiger partial charge on any atom is 0.239 e. The summed E-state index contributed by atoms with van der Waals surface area (Å²) >= 11 is 0. The van der Waals surface area contributed by atoms with Crippen molar-refractivity contribution in [1.29, 1.82) is 0 Å². The fraction of sp³-hybridized carbons (Fsp3) is 0.923. The van der Waals surface area contributed by atoms with Crippen LogP contribution < -0.4 is 11.1 Å². The lowest BCUT2D eigenvalue weighted by Crippen LogP contribution is -2.53. The van der Waals surface area contributed by atoms with E-state index in [4.69, 9.17) is 5.73 Å². The highest BCUT2D eigenvalue weighted by Gasteiger charge is 2.27. The molecule has 0 aromatic rings. The average molecular weight is 241 g/mol. The van der Waals surface area contributed by atoms with Crippen LogP contribution >= 0.6 is 0 Å². The second-order valence-corrected chi connectivity index (χ2v) is 5.99. The lowest BCUT2D eigenvalue weighted by atomic mass is 10.0. The normalized spacial score (nSPS) is 19.6. The summed E-state index contributed by atoms with van der Waals surface area (Å²) in [5.74, 6) is 0.483. The summed E-state index contributed by atoms with van der Waals surface area (Å²) in [4.78, 5) is 14.2. The molecule has 0 aromatic carbocycles. The van der Waals surface area contributed by atoms with Gasteiger partial charge in [0.25, 0.3) is 0 Å². The van der Waals surface area contributed by atoms with Crippen LogP contribution in [0, 0.1) is 5.92 Å². The topological polar surface area (TPSA) is 58.4 Å². The van der Waals surface area contributed by atoms with E-state index in [0.717, 1.165) is 13.1 Å². The Bertz CT molecular complexity index is 252. The summed E-state index contributed by atoms with van der Waals surface area (Å²) in [6.07, 6.45) is 2.55. The molecule has 1 fully saturated rings. The molecule has 100 valence electrons. The zero-order valence-electron chi connectivity index (χ0n) is 11.6. The molecule has 17 heavy (non-hydrogen) atoms. The molecule has 0 bridgehead atoms. The zero-order chi connectivity index (χ0) is 13.1. The maximum atomic E-state index is 11.8. The highest BCUT2D eigenvalue weighted by molar-refractivity contribution is 5.85. The Hall–Kier alpha value is -0.610. The first-order valence-electron chi connectivity index (χ1n) is 6.63. The average Bonchev–Trinajstić information content (AvgIpc) is 2.69. The van der Waals surface area contributed by atoms with Gasteiger partial charge in [0.05, 0.1) is 5.54 Å². The highest BCUT2D eigenvalue weighted by atomic mass is 16.2. The first kappa shape index (κ1) is 14.5. The maximum absolute atomic E-state index is 11.8. The van der Waals surface area contributed by atoms with E-state index in [1.54, 1.807) is 13.8 Å². The molecule has 1 unspecified atom stereocenters. The molecular weight excluding hydrogens is 214 g/mol. The number of nitrogens with one attached hydrogen (secondary N) is 1. The van der Waals surface area contributed by atoms with Gasteiger partial charge >= 0.3 is 0 Å². The van der Waals surface area contributed by atoms with Crippen LogP contribution in [0.4, 0.5) is 0 Å². The Kier molecular flexibility index (Phi) is 4.95. The zero-order valence-corrected chi connectivity index (χ0v) is 11.6. The number of nitrogens with zero attached hydrogens (tertiary/aromatic N) is 1. The smallest absolute Gasteiger partial charge is 0.239 e. The molecule has 0 saturated carbocycles. The van der Waals surface area contributed by atoms with Crippen molar-refractivity contribution in [2.75, 3.05) is 19.6 Å². The van der Waals surface area contributed by atoms with Crippen molar-refractivity contribution in [1.82, 2.24) is 10.2 Å². The monoisotopic (exact) mass is 241 g/mol. The number of hydrogen-bond acceptors (Lipinski definition) is 3. The van der Waals surface area contributed by atoms with Gasteiger partial charge in [-0.25, -0.2) is 0 Å². The van der Waals surface area contributed by atoms with Crippen LogP contribution in [-0.4, -0.2) is 42.0 Å². The second-order valence-electron chi connectivity index (χ2n) is 5.99. The van der Waals surface area contributed by atoms with Crippen LogP contribution in [-0.2, 0) is 4.79 Å². The molecule has 3 N–H and O–H groups in total. The van der Waals surface area contributed by atoms with E-state index in [1.165, 1.54) is 12.8 Å². The van der Waals surface area contributed by atoms with E-state index < -0.39 is 5.54 Å². The number of hydrogen-bond donors (Lipinski definition) is 2. The molecule has 4 heteroatoms. The van der Waals surface area contributed by atoms with E-state index >= 15 is 0 Å². The summed E-state index contributed by atoms with van der Waals surface area (Å²) in [6.45, 7) is 10.9. The van der Waals surface area contributed by atoms with Gasteiger partial charge in [0, 0.05) is 12.6 Å². The molecule has 1 aliphatic rings. The van der Waals surface area contributed by atoms with Crippen molar-refractivity contribution in [2.24, 2.45) is 11.7 Å². The Balaban J connectivity index is 2.47. The number of rotatable bonds is 5. The minimum absolute atomic E-state index is 0.0673. The van der Waals surface area contributed by atoms with Gasteiger partial charge < -0.3 is 11.1 Å². The van der Waals surface area contributed by atoms with E-state index in [1.807, 2.05) is 0 Å². The number of carbonyl (C=O) groups is 1. The van der Waals surface area contributed by atoms with Gasteiger partial charge in [0.2, 0.25) is 5.91 Å². The number of amides is 1. The van der Waals surface area contributed by atoms with Crippen LogP contribution in [0.25, 0.3) is 0 Å². The van der Waals surface area contributed by atoms with Gasteiger partial charge in [-0.1, -0.05) is 13.8 Å². The Labute approximate surface area is 105 Å². The molecule has 1 rings (SSSR count).